The molecule has 0 aromatic heterocycles. The maximum absolute atomic E-state index is 10.0. The molecule has 0 fully saturated rings. The Morgan fingerprint density at radius 1 is 0.889 bits per heavy atom. The molecule has 0 saturated heterocycles. The molecule has 1 aromatic rings. The molecule has 1 rings (SSSR count). The smallest absolute Gasteiger partial charge is 0.178 e. The van der Waals surface area contributed by atoms with Gasteiger partial charge in [0.1, 0.15) is 11.9 Å². The van der Waals surface area contributed by atoms with Gasteiger partial charge in [-0.05, 0) is 37.5 Å². The van der Waals surface area contributed by atoms with Gasteiger partial charge in [-0.2, -0.15) is 0 Å². The summed E-state index contributed by atoms with van der Waals surface area (Å²) in [6.45, 7) is 4.47. The molecule has 0 aliphatic rings. The Morgan fingerprint density at radius 2 is 1.44 bits per heavy atom. The normalized spacial score (nSPS) is 13.7. The second kappa shape index (κ2) is 14.9. The SMILES string of the molecule is CCCCCCCCCc1ccc(OC(C(C)O)N(CCO)CCO)cc1. The van der Waals surface area contributed by atoms with Gasteiger partial charge in [-0.3, -0.25) is 4.90 Å². The predicted octanol–water partition coefficient (Wildman–Crippen LogP) is 3.35. The molecule has 3 N–H and O–H groups in total. The lowest BCUT2D eigenvalue weighted by Crippen LogP contribution is -2.48. The van der Waals surface area contributed by atoms with E-state index in [0.717, 1.165) is 6.42 Å². The third kappa shape index (κ3) is 10.1. The van der Waals surface area contributed by atoms with E-state index >= 15 is 0 Å². The Balaban J connectivity index is 2.46. The summed E-state index contributed by atoms with van der Waals surface area (Å²) in [6, 6.07) is 8.02. The molecule has 156 valence electrons. The van der Waals surface area contributed by atoms with Crippen molar-refractivity contribution >= 4 is 0 Å². The van der Waals surface area contributed by atoms with E-state index < -0.39 is 12.3 Å². The third-order valence-electron chi connectivity index (χ3n) is 4.80. The zero-order valence-corrected chi connectivity index (χ0v) is 17.1. The fourth-order valence-electron chi connectivity index (χ4n) is 3.26. The number of benzene rings is 1. The van der Waals surface area contributed by atoms with E-state index in [-0.39, 0.29) is 13.2 Å². The maximum Gasteiger partial charge on any atom is 0.178 e. The molecular formula is C22H39NO4. The molecule has 2 atom stereocenters. The Hall–Kier alpha value is -1.14. The second-order valence-electron chi connectivity index (χ2n) is 7.25. The predicted molar refractivity (Wildman–Crippen MR) is 110 cm³/mol. The molecule has 0 radical (unpaired) electrons. The minimum Gasteiger partial charge on any atom is -0.472 e. The van der Waals surface area contributed by atoms with Crippen LogP contribution in [0.4, 0.5) is 0 Å². The molecule has 27 heavy (non-hydrogen) atoms. The van der Waals surface area contributed by atoms with Crippen LogP contribution >= 0.6 is 0 Å². The summed E-state index contributed by atoms with van der Waals surface area (Å²) in [4.78, 5) is 1.75. The van der Waals surface area contributed by atoms with Gasteiger partial charge in [0, 0.05) is 13.1 Å². The van der Waals surface area contributed by atoms with Crippen LogP contribution in [0.2, 0.25) is 0 Å². The minimum atomic E-state index is -0.740. The highest BCUT2D eigenvalue weighted by atomic mass is 16.5. The molecule has 2 unspecified atom stereocenters. The Morgan fingerprint density at radius 3 is 1.96 bits per heavy atom. The minimum absolute atomic E-state index is 0.0516. The van der Waals surface area contributed by atoms with E-state index in [1.54, 1.807) is 11.8 Å². The van der Waals surface area contributed by atoms with Gasteiger partial charge in [-0.15, -0.1) is 0 Å². The molecule has 0 spiro atoms. The van der Waals surface area contributed by atoms with E-state index in [9.17, 15) is 15.3 Å². The van der Waals surface area contributed by atoms with E-state index in [4.69, 9.17) is 4.74 Å². The zero-order valence-electron chi connectivity index (χ0n) is 17.1. The highest BCUT2D eigenvalue weighted by molar-refractivity contribution is 5.27. The van der Waals surface area contributed by atoms with Crippen LogP contribution in [0.25, 0.3) is 0 Å². The first-order chi connectivity index (χ1) is 13.1. The van der Waals surface area contributed by atoms with Crippen molar-refractivity contribution in [3.05, 3.63) is 29.8 Å². The number of ether oxygens (including phenoxy) is 1. The number of rotatable bonds is 16. The number of aryl methyl sites for hydroxylation is 1. The molecule has 5 heteroatoms. The van der Waals surface area contributed by atoms with Gasteiger partial charge in [-0.1, -0.05) is 57.6 Å². The molecule has 1 aromatic carbocycles. The monoisotopic (exact) mass is 381 g/mol. The molecular weight excluding hydrogens is 342 g/mol. The molecule has 5 nitrogen and oxygen atoms in total. The maximum atomic E-state index is 10.0. The quantitative estimate of drug-likeness (QED) is 0.302. The van der Waals surface area contributed by atoms with E-state index in [1.807, 2.05) is 12.1 Å². The van der Waals surface area contributed by atoms with Crippen molar-refractivity contribution in [2.24, 2.45) is 0 Å². The summed E-state index contributed by atoms with van der Waals surface area (Å²) in [5.41, 5.74) is 1.30. The van der Waals surface area contributed by atoms with E-state index in [2.05, 4.69) is 19.1 Å². The number of hydrogen-bond donors (Lipinski definition) is 3. The third-order valence-corrected chi connectivity index (χ3v) is 4.80. The van der Waals surface area contributed by atoms with Crippen molar-refractivity contribution < 1.29 is 20.1 Å². The van der Waals surface area contributed by atoms with Crippen LogP contribution in [0.5, 0.6) is 5.75 Å². The largest absolute Gasteiger partial charge is 0.472 e. The molecule has 0 amide bonds. The van der Waals surface area contributed by atoms with Crippen molar-refractivity contribution in [2.75, 3.05) is 26.3 Å². The van der Waals surface area contributed by atoms with Crippen LogP contribution in [0.15, 0.2) is 24.3 Å². The lowest BCUT2D eigenvalue weighted by molar-refractivity contribution is -0.0674. The van der Waals surface area contributed by atoms with Crippen molar-refractivity contribution in [3.63, 3.8) is 0 Å². The van der Waals surface area contributed by atoms with Gasteiger partial charge in [0.25, 0.3) is 0 Å². The van der Waals surface area contributed by atoms with Crippen molar-refractivity contribution in [1.29, 1.82) is 0 Å². The first-order valence-electron chi connectivity index (χ1n) is 10.5. The average molecular weight is 382 g/mol. The summed E-state index contributed by atoms with van der Waals surface area (Å²) in [5, 5.41) is 28.4. The molecule has 0 heterocycles. The van der Waals surface area contributed by atoms with E-state index in [1.165, 1.54) is 50.5 Å². The molecule has 0 bridgehead atoms. The lowest BCUT2D eigenvalue weighted by atomic mass is 10.0. The van der Waals surface area contributed by atoms with Gasteiger partial charge >= 0.3 is 0 Å². The van der Waals surface area contributed by atoms with E-state index in [0.29, 0.717) is 18.8 Å². The van der Waals surface area contributed by atoms with Crippen LogP contribution in [0.3, 0.4) is 0 Å². The number of nitrogens with zero attached hydrogens (tertiary/aromatic N) is 1. The van der Waals surface area contributed by atoms with Gasteiger partial charge in [0.2, 0.25) is 0 Å². The van der Waals surface area contributed by atoms with Crippen LogP contribution in [-0.4, -0.2) is 58.9 Å². The fourth-order valence-corrected chi connectivity index (χ4v) is 3.26. The van der Waals surface area contributed by atoms with Crippen LogP contribution < -0.4 is 4.74 Å². The molecule has 0 saturated carbocycles. The van der Waals surface area contributed by atoms with Gasteiger partial charge < -0.3 is 20.1 Å². The van der Waals surface area contributed by atoms with Gasteiger partial charge in [-0.25, -0.2) is 0 Å². The second-order valence-corrected chi connectivity index (χ2v) is 7.25. The van der Waals surface area contributed by atoms with Crippen LogP contribution in [-0.2, 0) is 6.42 Å². The highest BCUT2D eigenvalue weighted by Crippen LogP contribution is 2.19. The topological polar surface area (TPSA) is 73.2 Å². The van der Waals surface area contributed by atoms with Crippen molar-refractivity contribution in [3.8, 4) is 5.75 Å². The number of aliphatic hydroxyl groups is 3. The Labute approximate surface area is 165 Å². The highest BCUT2D eigenvalue weighted by Gasteiger charge is 2.24. The van der Waals surface area contributed by atoms with Crippen molar-refractivity contribution in [2.45, 2.75) is 77.5 Å². The summed E-state index contributed by atoms with van der Waals surface area (Å²) >= 11 is 0. The van der Waals surface area contributed by atoms with Gasteiger partial charge in [0.05, 0.1) is 13.2 Å². The lowest BCUT2D eigenvalue weighted by Gasteiger charge is -2.32. The summed E-state index contributed by atoms with van der Waals surface area (Å²) in [6.07, 6.45) is 8.90. The standard InChI is InChI=1S/C22H39NO4/c1-3-4-5-6-7-8-9-10-20-11-13-21(14-12-20)27-22(19(2)26)23(15-17-24)16-18-25/h11-14,19,22,24-26H,3-10,15-18H2,1-2H3. The zero-order chi connectivity index (χ0) is 19.9. The Kier molecular flexibility index (Phi) is 13.2. The first kappa shape index (κ1) is 23.9. The Bertz CT molecular complexity index is 458. The fraction of sp³-hybridized carbons (Fsp3) is 0.727. The summed E-state index contributed by atoms with van der Waals surface area (Å²) in [7, 11) is 0. The summed E-state index contributed by atoms with van der Waals surface area (Å²) < 4.78 is 5.93. The molecule has 0 aliphatic carbocycles. The van der Waals surface area contributed by atoms with Crippen molar-refractivity contribution in [1.82, 2.24) is 4.90 Å². The first-order valence-corrected chi connectivity index (χ1v) is 10.5. The number of hydrogen-bond acceptors (Lipinski definition) is 5. The number of unbranched alkanes of at least 4 members (excludes halogenated alkanes) is 6. The summed E-state index contributed by atoms with van der Waals surface area (Å²) in [5.74, 6) is 0.685. The number of aliphatic hydroxyl groups excluding tert-OH is 3. The molecule has 0 aliphatic heterocycles. The average Bonchev–Trinajstić information content (AvgIpc) is 2.66. The van der Waals surface area contributed by atoms with Crippen LogP contribution in [0.1, 0.15) is 64.4 Å². The van der Waals surface area contributed by atoms with Gasteiger partial charge in [0.15, 0.2) is 6.23 Å². The van der Waals surface area contributed by atoms with Crippen LogP contribution in [0, 0.1) is 0 Å².